The van der Waals surface area contributed by atoms with Gasteiger partial charge in [-0.2, -0.15) is 0 Å². The molecule has 4 aromatic rings. The molecule has 120 valence electrons. The largest absolute Gasteiger partial charge is 0.481 e. The Morgan fingerprint density at radius 3 is 2.54 bits per heavy atom. The number of H-pyrrole nitrogens is 1. The number of nitrogens with one attached hydrogen (secondary N) is 1. The maximum absolute atomic E-state index is 6.41. The van der Waals surface area contributed by atoms with Crippen LogP contribution in [0.25, 0.3) is 32.9 Å². The van der Waals surface area contributed by atoms with Crippen LogP contribution in [0.15, 0.2) is 36.5 Å². The van der Waals surface area contributed by atoms with Crippen LogP contribution in [0.1, 0.15) is 11.4 Å². The van der Waals surface area contributed by atoms with Crippen LogP contribution in [-0.2, 0) is 0 Å². The molecule has 5 heteroatoms. The summed E-state index contributed by atoms with van der Waals surface area (Å²) in [6.07, 6.45) is 1.83. The molecule has 0 aliphatic heterocycles. The summed E-state index contributed by atoms with van der Waals surface area (Å²) in [6, 6.07) is 9.86. The van der Waals surface area contributed by atoms with Crippen LogP contribution < -0.4 is 4.74 Å². The highest BCUT2D eigenvalue weighted by Gasteiger charge is 2.15. The molecule has 0 saturated heterocycles. The minimum absolute atomic E-state index is 0.603. The highest BCUT2D eigenvalue weighted by Crippen LogP contribution is 2.37. The third-order valence-electron chi connectivity index (χ3n) is 4.34. The summed E-state index contributed by atoms with van der Waals surface area (Å²) in [5.74, 6) is 0.603. The predicted octanol–water partition coefficient (Wildman–Crippen LogP) is 5.06. The van der Waals surface area contributed by atoms with Gasteiger partial charge in [0, 0.05) is 44.9 Å². The standard InChI is InChI=1S/C19H16ClN3O/c1-10-13(4-5-17(22-10)24-3)15-8-12(20)9-16-14-6-7-21-11(2)18(14)23-19(15)16/h4-9,23H,1-3H3. The Balaban J connectivity index is 2.09. The van der Waals surface area contributed by atoms with E-state index in [9.17, 15) is 0 Å². The molecule has 1 N–H and O–H groups in total. The number of benzene rings is 1. The molecule has 0 amide bonds. The molecule has 0 aliphatic rings. The van der Waals surface area contributed by atoms with E-state index in [4.69, 9.17) is 16.3 Å². The number of fused-ring (bicyclic) bond motifs is 3. The van der Waals surface area contributed by atoms with E-state index in [2.05, 4.69) is 15.0 Å². The predicted molar refractivity (Wildman–Crippen MR) is 97.9 cm³/mol. The van der Waals surface area contributed by atoms with Gasteiger partial charge in [0.1, 0.15) is 0 Å². The molecule has 0 atom stereocenters. The maximum atomic E-state index is 6.41. The first kappa shape index (κ1) is 15.0. The van der Waals surface area contributed by atoms with Gasteiger partial charge in [0.05, 0.1) is 23.8 Å². The maximum Gasteiger partial charge on any atom is 0.213 e. The topological polar surface area (TPSA) is 50.8 Å². The second-order valence-corrected chi connectivity index (χ2v) is 6.24. The van der Waals surface area contributed by atoms with E-state index in [1.807, 2.05) is 50.4 Å². The van der Waals surface area contributed by atoms with Crippen LogP contribution in [0.4, 0.5) is 0 Å². The van der Waals surface area contributed by atoms with Crippen molar-refractivity contribution in [3.05, 3.63) is 52.9 Å². The third kappa shape index (κ3) is 2.22. The van der Waals surface area contributed by atoms with Crippen molar-refractivity contribution in [3.8, 4) is 17.0 Å². The van der Waals surface area contributed by atoms with Gasteiger partial charge in [-0.05, 0) is 38.1 Å². The van der Waals surface area contributed by atoms with E-state index in [1.54, 1.807) is 7.11 Å². The highest BCUT2D eigenvalue weighted by atomic mass is 35.5. The molecule has 3 heterocycles. The van der Waals surface area contributed by atoms with Crippen LogP contribution in [0, 0.1) is 13.8 Å². The molecular formula is C19H16ClN3O. The van der Waals surface area contributed by atoms with Crippen LogP contribution >= 0.6 is 11.6 Å². The molecule has 1 aromatic carbocycles. The molecular weight excluding hydrogens is 322 g/mol. The number of ether oxygens (including phenoxy) is 1. The van der Waals surface area contributed by atoms with Gasteiger partial charge in [-0.25, -0.2) is 4.98 Å². The lowest BCUT2D eigenvalue weighted by Gasteiger charge is -2.09. The Labute approximate surface area is 144 Å². The van der Waals surface area contributed by atoms with Gasteiger partial charge in [-0.3, -0.25) is 4.98 Å². The summed E-state index contributed by atoms with van der Waals surface area (Å²) in [4.78, 5) is 12.4. The number of nitrogens with zero attached hydrogens (tertiary/aromatic N) is 2. The lowest BCUT2D eigenvalue weighted by molar-refractivity contribution is 0.397. The van der Waals surface area contributed by atoms with E-state index >= 15 is 0 Å². The van der Waals surface area contributed by atoms with E-state index < -0.39 is 0 Å². The van der Waals surface area contributed by atoms with Crippen LogP contribution in [0.5, 0.6) is 5.88 Å². The number of hydrogen-bond acceptors (Lipinski definition) is 3. The molecule has 0 fully saturated rings. The van der Waals surface area contributed by atoms with E-state index in [0.717, 1.165) is 44.3 Å². The van der Waals surface area contributed by atoms with Crippen molar-refractivity contribution in [1.82, 2.24) is 15.0 Å². The van der Waals surface area contributed by atoms with Crippen LogP contribution in [-0.4, -0.2) is 22.1 Å². The zero-order chi connectivity index (χ0) is 16.8. The zero-order valence-corrected chi connectivity index (χ0v) is 14.4. The second-order valence-electron chi connectivity index (χ2n) is 5.81. The molecule has 0 aliphatic carbocycles. The summed E-state index contributed by atoms with van der Waals surface area (Å²) in [6.45, 7) is 3.97. The Bertz CT molecular complexity index is 1090. The Kier molecular flexibility index (Phi) is 3.43. The third-order valence-corrected chi connectivity index (χ3v) is 4.56. The second kappa shape index (κ2) is 5.49. The SMILES string of the molecule is COc1ccc(-c2cc(Cl)cc3c2[nH]c2c(C)nccc23)c(C)n1. The number of rotatable bonds is 2. The molecule has 24 heavy (non-hydrogen) atoms. The van der Waals surface area contributed by atoms with Crippen molar-refractivity contribution in [2.24, 2.45) is 0 Å². The Morgan fingerprint density at radius 2 is 1.79 bits per heavy atom. The number of aryl methyl sites for hydroxylation is 2. The fraction of sp³-hybridized carbons (Fsp3) is 0.158. The van der Waals surface area contributed by atoms with Gasteiger partial charge in [0.2, 0.25) is 5.88 Å². The van der Waals surface area contributed by atoms with Gasteiger partial charge in [0.25, 0.3) is 0 Å². The van der Waals surface area contributed by atoms with Crippen molar-refractivity contribution in [2.75, 3.05) is 7.11 Å². The first-order chi connectivity index (χ1) is 11.6. The summed E-state index contributed by atoms with van der Waals surface area (Å²) >= 11 is 6.41. The van der Waals surface area contributed by atoms with Gasteiger partial charge < -0.3 is 9.72 Å². The van der Waals surface area contributed by atoms with Gasteiger partial charge in [-0.15, -0.1) is 0 Å². The number of pyridine rings is 2. The van der Waals surface area contributed by atoms with Crippen molar-refractivity contribution in [3.63, 3.8) is 0 Å². The first-order valence-corrected chi connectivity index (χ1v) is 8.05. The molecule has 0 unspecified atom stereocenters. The average Bonchev–Trinajstić information content (AvgIpc) is 2.94. The first-order valence-electron chi connectivity index (χ1n) is 7.67. The van der Waals surface area contributed by atoms with Crippen LogP contribution in [0.2, 0.25) is 5.02 Å². The number of hydrogen-bond donors (Lipinski definition) is 1. The summed E-state index contributed by atoms with van der Waals surface area (Å²) < 4.78 is 5.21. The number of aromatic amines is 1. The lowest BCUT2D eigenvalue weighted by Crippen LogP contribution is -1.93. The minimum Gasteiger partial charge on any atom is -0.481 e. The minimum atomic E-state index is 0.603. The average molecular weight is 338 g/mol. The summed E-state index contributed by atoms with van der Waals surface area (Å²) in [7, 11) is 1.62. The molecule has 0 bridgehead atoms. The Hall–Kier alpha value is -2.59. The van der Waals surface area contributed by atoms with Gasteiger partial charge in [0.15, 0.2) is 0 Å². The zero-order valence-electron chi connectivity index (χ0n) is 13.6. The summed E-state index contributed by atoms with van der Waals surface area (Å²) in [5.41, 5.74) is 6.00. The molecule has 4 rings (SSSR count). The fourth-order valence-electron chi connectivity index (χ4n) is 3.18. The van der Waals surface area contributed by atoms with E-state index in [-0.39, 0.29) is 0 Å². The fourth-order valence-corrected chi connectivity index (χ4v) is 3.39. The number of aromatic nitrogens is 3. The van der Waals surface area contributed by atoms with Crippen molar-refractivity contribution < 1.29 is 4.74 Å². The van der Waals surface area contributed by atoms with Crippen molar-refractivity contribution in [1.29, 1.82) is 0 Å². The molecule has 0 spiro atoms. The van der Waals surface area contributed by atoms with E-state index in [1.165, 1.54) is 0 Å². The van der Waals surface area contributed by atoms with Gasteiger partial charge >= 0.3 is 0 Å². The molecule has 0 saturated carbocycles. The quantitative estimate of drug-likeness (QED) is 0.556. The molecule has 4 nitrogen and oxygen atoms in total. The van der Waals surface area contributed by atoms with Crippen LogP contribution in [0.3, 0.4) is 0 Å². The lowest BCUT2D eigenvalue weighted by atomic mass is 10.0. The number of methoxy groups -OCH3 is 1. The normalized spacial score (nSPS) is 11.3. The Morgan fingerprint density at radius 1 is 0.958 bits per heavy atom. The smallest absolute Gasteiger partial charge is 0.213 e. The summed E-state index contributed by atoms with van der Waals surface area (Å²) in [5, 5.41) is 2.91. The highest BCUT2D eigenvalue weighted by molar-refractivity contribution is 6.32. The van der Waals surface area contributed by atoms with Gasteiger partial charge in [-0.1, -0.05) is 11.6 Å². The molecule has 3 aromatic heterocycles. The van der Waals surface area contributed by atoms with Crippen molar-refractivity contribution in [2.45, 2.75) is 13.8 Å². The van der Waals surface area contributed by atoms with Crippen molar-refractivity contribution >= 4 is 33.4 Å². The number of halogens is 1. The van der Waals surface area contributed by atoms with E-state index in [0.29, 0.717) is 10.9 Å². The molecule has 0 radical (unpaired) electrons. The monoisotopic (exact) mass is 337 g/mol.